The van der Waals surface area contributed by atoms with Gasteiger partial charge in [0.1, 0.15) is 5.75 Å². The molecule has 1 heterocycles. The summed E-state index contributed by atoms with van der Waals surface area (Å²) < 4.78 is 0. The molecule has 25 heavy (non-hydrogen) atoms. The molecule has 1 fully saturated rings. The highest BCUT2D eigenvalue weighted by Gasteiger charge is 2.20. The van der Waals surface area contributed by atoms with Crippen LogP contribution in [-0.4, -0.2) is 35.0 Å². The van der Waals surface area contributed by atoms with Gasteiger partial charge in [0.15, 0.2) is 0 Å². The fourth-order valence-electron chi connectivity index (χ4n) is 3.21. The average molecular weight is 361 g/mol. The first-order valence-corrected chi connectivity index (χ1v) is 8.52. The van der Waals surface area contributed by atoms with Gasteiger partial charge in [-0.3, -0.25) is 9.69 Å². The van der Waals surface area contributed by atoms with Gasteiger partial charge >= 0.3 is 0 Å². The Morgan fingerprint density at radius 2 is 1.72 bits per heavy atom. The van der Waals surface area contributed by atoms with Crippen molar-refractivity contribution in [2.75, 3.05) is 13.1 Å². The number of likely N-dealkylation sites (tertiary alicyclic amines) is 1. The molecule has 1 aliphatic rings. The number of rotatable bonds is 5. The van der Waals surface area contributed by atoms with Crippen LogP contribution in [0.1, 0.15) is 24.0 Å². The zero-order chi connectivity index (χ0) is 16.8. The summed E-state index contributed by atoms with van der Waals surface area (Å²) in [6.07, 6.45) is 2.29. The van der Waals surface area contributed by atoms with Gasteiger partial charge in [0, 0.05) is 25.7 Å². The van der Waals surface area contributed by atoms with Crippen LogP contribution in [0.4, 0.5) is 0 Å². The number of phenolic OH excluding ortho intramolecular Hbond substituents is 1. The van der Waals surface area contributed by atoms with Gasteiger partial charge in [-0.05, 0) is 36.1 Å². The molecule has 1 saturated heterocycles. The molecular formula is C20H25ClN2O2. The van der Waals surface area contributed by atoms with Crippen molar-refractivity contribution in [1.29, 1.82) is 0 Å². The number of piperidine rings is 1. The van der Waals surface area contributed by atoms with Crippen LogP contribution >= 0.6 is 12.4 Å². The van der Waals surface area contributed by atoms with Gasteiger partial charge in [0.05, 0.1) is 6.42 Å². The van der Waals surface area contributed by atoms with Gasteiger partial charge in [0.2, 0.25) is 5.91 Å². The van der Waals surface area contributed by atoms with E-state index in [0.717, 1.165) is 38.0 Å². The maximum absolute atomic E-state index is 12.2. The number of hydrogen-bond acceptors (Lipinski definition) is 3. The number of nitrogens with zero attached hydrogens (tertiary/aromatic N) is 1. The van der Waals surface area contributed by atoms with E-state index in [-0.39, 0.29) is 30.1 Å². The number of benzene rings is 2. The van der Waals surface area contributed by atoms with Gasteiger partial charge in [0.25, 0.3) is 0 Å². The molecule has 1 aliphatic heterocycles. The standard InChI is InChI=1S/C20H24N2O2.ClH/c23-19-8-4-7-17(13-19)14-20(24)21-18-9-11-22(12-10-18)15-16-5-2-1-3-6-16;/h1-8,13,18,23H,9-12,14-15H2,(H,21,24);1H. The summed E-state index contributed by atoms with van der Waals surface area (Å²) >= 11 is 0. The summed E-state index contributed by atoms with van der Waals surface area (Å²) in [7, 11) is 0. The number of halogens is 1. The largest absolute Gasteiger partial charge is 0.508 e. The topological polar surface area (TPSA) is 52.6 Å². The summed E-state index contributed by atoms with van der Waals surface area (Å²) in [5.41, 5.74) is 2.18. The molecule has 0 spiro atoms. The fraction of sp³-hybridized carbons (Fsp3) is 0.350. The van der Waals surface area contributed by atoms with E-state index in [1.807, 2.05) is 12.1 Å². The zero-order valence-electron chi connectivity index (χ0n) is 14.2. The van der Waals surface area contributed by atoms with E-state index in [1.165, 1.54) is 5.56 Å². The minimum Gasteiger partial charge on any atom is -0.508 e. The molecule has 2 aromatic rings. The van der Waals surface area contributed by atoms with Crippen molar-refractivity contribution in [2.45, 2.75) is 31.8 Å². The van der Waals surface area contributed by atoms with Gasteiger partial charge < -0.3 is 10.4 Å². The third-order valence-corrected chi connectivity index (χ3v) is 4.48. The van der Waals surface area contributed by atoms with Crippen LogP contribution < -0.4 is 5.32 Å². The molecule has 0 aromatic heterocycles. The van der Waals surface area contributed by atoms with E-state index in [4.69, 9.17) is 0 Å². The van der Waals surface area contributed by atoms with Crippen LogP contribution in [0.15, 0.2) is 54.6 Å². The molecular weight excluding hydrogens is 336 g/mol. The first-order chi connectivity index (χ1) is 11.7. The minimum absolute atomic E-state index is 0. The first-order valence-electron chi connectivity index (χ1n) is 8.52. The molecule has 5 heteroatoms. The van der Waals surface area contributed by atoms with Gasteiger partial charge in [-0.2, -0.15) is 0 Å². The number of phenols is 1. The zero-order valence-corrected chi connectivity index (χ0v) is 15.0. The predicted octanol–water partition coefficient (Wildman–Crippen LogP) is 3.14. The molecule has 0 unspecified atom stereocenters. The molecule has 0 saturated carbocycles. The normalized spacial score (nSPS) is 15.4. The van der Waals surface area contributed by atoms with Gasteiger partial charge in [-0.1, -0.05) is 42.5 Å². The Morgan fingerprint density at radius 1 is 1.04 bits per heavy atom. The van der Waals surface area contributed by atoms with E-state index >= 15 is 0 Å². The summed E-state index contributed by atoms with van der Waals surface area (Å²) in [6.45, 7) is 2.99. The molecule has 0 aliphatic carbocycles. The van der Waals surface area contributed by atoms with Crippen LogP contribution in [0.25, 0.3) is 0 Å². The van der Waals surface area contributed by atoms with Crippen molar-refractivity contribution in [3.05, 3.63) is 65.7 Å². The predicted molar refractivity (Wildman–Crippen MR) is 102 cm³/mol. The van der Waals surface area contributed by atoms with E-state index in [1.54, 1.807) is 18.2 Å². The lowest BCUT2D eigenvalue weighted by atomic mass is 10.0. The summed E-state index contributed by atoms with van der Waals surface area (Å²) in [5.74, 6) is 0.233. The quantitative estimate of drug-likeness (QED) is 0.861. The summed E-state index contributed by atoms with van der Waals surface area (Å²) in [6, 6.07) is 17.6. The molecule has 2 aromatic carbocycles. The molecule has 2 N–H and O–H groups in total. The van der Waals surface area contributed by atoms with Crippen LogP contribution in [0.3, 0.4) is 0 Å². The Balaban J connectivity index is 0.00000225. The molecule has 1 amide bonds. The van der Waals surface area contributed by atoms with Crippen molar-refractivity contribution in [3.63, 3.8) is 0 Å². The van der Waals surface area contributed by atoms with Crippen LogP contribution in [0.2, 0.25) is 0 Å². The fourth-order valence-corrected chi connectivity index (χ4v) is 3.21. The second kappa shape index (κ2) is 9.44. The first kappa shape index (κ1) is 19.3. The highest BCUT2D eigenvalue weighted by molar-refractivity contribution is 5.85. The van der Waals surface area contributed by atoms with Crippen LogP contribution in [0.5, 0.6) is 5.75 Å². The highest BCUT2D eigenvalue weighted by Crippen LogP contribution is 2.15. The Hall–Kier alpha value is -2.04. The Morgan fingerprint density at radius 3 is 2.40 bits per heavy atom. The molecule has 0 radical (unpaired) electrons. The Kier molecular flexibility index (Phi) is 7.29. The Labute approximate surface area is 155 Å². The lowest BCUT2D eigenvalue weighted by Crippen LogP contribution is -2.44. The van der Waals surface area contributed by atoms with Crippen molar-refractivity contribution in [1.82, 2.24) is 10.2 Å². The summed E-state index contributed by atoms with van der Waals surface area (Å²) in [5, 5.41) is 12.6. The number of carbonyl (C=O) groups excluding carboxylic acids is 1. The maximum atomic E-state index is 12.2. The molecule has 0 bridgehead atoms. The summed E-state index contributed by atoms with van der Waals surface area (Å²) in [4.78, 5) is 14.6. The molecule has 0 atom stereocenters. The number of aromatic hydroxyl groups is 1. The molecule has 3 rings (SSSR count). The third kappa shape index (κ3) is 6.07. The van der Waals surface area contributed by atoms with E-state index < -0.39 is 0 Å². The van der Waals surface area contributed by atoms with E-state index in [2.05, 4.69) is 34.5 Å². The molecule has 4 nitrogen and oxygen atoms in total. The lowest BCUT2D eigenvalue weighted by Gasteiger charge is -2.32. The monoisotopic (exact) mass is 360 g/mol. The van der Waals surface area contributed by atoms with Gasteiger partial charge in [-0.25, -0.2) is 0 Å². The van der Waals surface area contributed by atoms with Crippen molar-refractivity contribution in [2.24, 2.45) is 0 Å². The van der Waals surface area contributed by atoms with Crippen molar-refractivity contribution >= 4 is 18.3 Å². The average Bonchev–Trinajstić information content (AvgIpc) is 2.57. The number of hydrogen-bond donors (Lipinski definition) is 2. The minimum atomic E-state index is 0. The number of amides is 1. The number of carbonyl (C=O) groups is 1. The SMILES string of the molecule is Cl.O=C(Cc1cccc(O)c1)NC1CCN(Cc2ccccc2)CC1. The van der Waals surface area contributed by atoms with Crippen LogP contribution in [0, 0.1) is 0 Å². The second-order valence-electron chi connectivity index (χ2n) is 6.45. The third-order valence-electron chi connectivity index (χ3n) is 4.48. The van der Waals surface area contributed by atoms with E-state index in [0.29, 0.717) is 6.42 Å². The Bertz CT molecular complexity index is 670. The van der Waals surface area contributed by atoms with Crippen LogP contribution in [-0.2, 0) is 17.8 Å². The van der Waals surface area contributed by atoms with Crippen molar-refractivity contribution in [3.8, 4) is 5.75 Å². The van der Waals surface area contributed by atoms with Crippen molar-refractivity contribution < 1.29 is 9.90 Å². The maximum Gasteiger partial charge on any atom is 0.224 e. The lowest BCUT2D eigenvalue weighted by molar-refractivity contribution is -0.121. The smallest absolute Gasteiger partial charge is 0.224 e. The van der Waals surface area contributed by atoms with E-state index in [9.17, 15) is 9.90 Å². The number of nitrogens with one attached hydrogen (secondary N) is 1. The highest BCUT2D eigenvalue weighted by atomic mass is 35.5. The molecule has 134 valence electrons. The second-order valence-corrected chi connectivity index (χ2v) is 6.45. The van der Waals surface area contributed by atoms with Gasteiger partial charge in [-0.15, -0.1) is 12.4 Å².